The molecule has 1 heterocycles. The van der Waals surface area contributed by atoms with Gasteiger partial charge in [0.1, 0.15) is 12.4 Å². The topological polar surface area (TPSA) is 89.6 Å². The third-order valence-corrected chi connectivity index (χ3v) is 3.16. The van der Waals surface area contributed by atoms with E-state index < -0.39 is 4.92 Å². The maximum atomic E-state index is 10.6. The summed E-state index contributed by atoms with van der Waals surface area (Å²) in [5.41, 5.74) is 0.741. The normalized spacial score (nSPS) is 10.3. The van der Waals surface area contributed by atoms with Gasteiger partial charge < -0.3 is 19.8 Å². The van der Waals surface area contributed by atoms with E-state index in [1.54, 1.807) is 18.4 Å². The largest absolute Gasteiger partial charge is 0.467 e. The highest BCUT2D eigenvalue weighted by Gasteiger charge is 2.04. The van der Waals surface area contributed by atoms with E-state index in [-0.39, 0.29) is 5.69 Å². The molecule has 0 fully saturated rings. The van der Waals surface area contributed by atoms with Gasteiger partial charge in [0.05, 0.1) is 11.2 Å². The molecule has 1 aromatic carbocycles. The highest BCUT2D eigenvalue weighted by Crippen LogP contribution is 2.15. The van der Waals surface area contributed by atoms with Crippen LogP contribution < -0.4 is 10.6 Å². The first-order valence-corrected chi connectivity index (χ1v) is 7.45. The molecule has 0 amide bonds. The van der Waals surface area contributed by atoms with Gasteiger partial charge >= 0.3 is 0 Å². The van der Waals surface area contributed by atoms with Crippen LogP contribution >= 0.6 is 12.2 Å². The summed E-state index contributed by atoms with van der Waals surface area (Å²) in [7, 11) is 0. The maximum Gasteiger partial charge on any atom is 0.269 e. The number of nitro benzene ring substituents is 1. The minimum atomic E-state index is -0.441. The zero-order chi connectivity index (χ0) is 16.5. The number of nitrogens with one attached hydrogen (secondary N) is 2. The van der Waals surface area contributed by atoms with Crippen LogP contribution in [0.2, 0.25) is 0 Å². The first-order chi connectivity index (χ1) is 11.1. The van der Waals surface area contributed by atoms with Gasteiger partial charge in [-0.2, -0.15) is 0 Å². The Morgan fingerprint density at radius 3 is 2.74 bits per heavy atom. The van der Waals surface area contributed by atoms with Crippen molar-refractivity contribution >= 4 is 28.7 Å². The number of benzene rings is 1. The highest BCUT2D eigenvalue weighted by molar-refractivity contribution is 7.80. The van der Waals surface area contributed by atoms with Gasteiger partial charge in [-0.05, 0) is 42.9 Å². The minimum absolute atomic E-state index is 0.0446. The molecule has 0 saturated heterocycles. The van der Waals surface area contributed by atoms with Crippen LogP contribution in [0.4, 0.5) is 11.4 Å². The van der Waals surface area contributed by atoms with Crippen LogP contribution in [0.1, 0.15) is 12.2 Å². The molecule has 0 radical (unpaired) electrons. The van der Waals surface area contributed by atoms with Crippen molar-refractivity contribution in [2.75, 3.05) is 18.5 Å². The van der Waals surface area contributed by atoms with Crippen molar-refractivity contribution in [3.05, 3.63) is 58.5 Å². The van der Waals surface area contributed by atoms with Gasteiger partial charge in [0.25, 0.3) is 5.69 Å². The quantitative estimate of drug-likeness (QED) is 0.331. The van der Waals surface area contributed by atoms with E-state index in [0.29, 0.717) is 30.6 Å². The van der Waals surface area contributed by atoms with Crippen molar-refractivity contribution in [1.82, 2.24) is 5.32 Å². The summed E-state index contributed by atoms with van der Waals surface area (Å²) < 4.78 is 10.6. The lowest BCUT2D eigenvalue weighted by Crippen LogP contribution is -2.29. The zero-order valence-electron chi connectivity index (χ0n) is 12.4. The van der Waals surface area contributed by atoms with Crippen LogP contribution in [0.3, 0.4) is 0 Å². The molecule has 23 heavy (non-hydrogen) atoms. The summed E-state index contributed by atoms with van der Waals surface area (Å²) in [5, 5.41) is 17.0. The van der Waals surface area contributed by atoms with E-state index >= 15 is 0 Å². The van der Waals surface area contributed by atoms with Gasteiger partial charge in [-0.3, -0.25) is 10.1 Å². The van der Waals surface area contributed by atoms with Gasteiger partial charge in [-0.1, -0.05) is 0 Å². The number of rotatable bonds is 8. The molecule has 0 aliphatic carbocycles. The Morgan fingerprint density at radius 2 is 2.09 bits per heavy atom. The molecule has 0 aliphatic heterocycles. The van der Waals surface area contributed by atoms with Crippen molar-refractivity contribution in [1.29, 1.82) is 0 Å². The monoisotopic (exact) mass is 335 g/mol. The molecular formula is C15H17N3O4S. The molecule has 2 aromatic rings. The Labute approximate surface area is 138 Å². The first-order valence-electron chi connectivity index (χ1n) is 7.04. The summed E-state index contributed by atoms with van der Waals surface area (Å²) in [4.78, 5) is 10.1. The molecule has 0 saturated carbocycles. The average Bonchev–Trinajstić information content (AvgIpc) is 3.04. The van der Waals surface area contributed by atoms with Crippen molar-refractivity contribution in [3.8, 4) is 0 Å². The van der Waals surface area contributed by atoms with Crippen molar-refractivity contribution < 1.29 is 14.1 Å². The van der Waals surface area contributed by atoms with Gasteiger partial charge in [0.2, 0.25) is 0 Å². The van der Waals surface area contributed by atoms with Crippen LogP contribution in [0, 0.1) is 10.1 Å². The number of thiocarbonyl (C=S) groups is 1. The molecule has 0 unspecified atom stereocenters. The fourth-order valence-corrected chi connectivity index (χ4v) is 2.01. The number of anilines is 1. The molecule has 0 spiro atoms. The summed E-state index contributed by atoms with van der Waals surface area (Å²) in [6.07, 6.45) is 2.41. The molecule has 0 atom stereocenters. The summed E-state index contributed by atoms with van der Waals surface area (Å²) in [6, 6.07) is 9.75. The molecule has 8 heteroatoms. The SMILES string of the molecule is O=[N+]([O-])c1ccc(NC(=S)NCCCOCc2ccco2)cc1. The predicted octanol–water partition coefficient (Wildman–Crippen LogP) is 3.08. The third-order valence-electron chi connectivity index (χ3n) is 2.91. The number of ether oxygens (including phenoxy) is 1. The van der Waals surface area contributed by atoms with E-state index in [1.807, 2.05) is 12.1 Å². The number of nitro groups is 1. The van der Waals surface area contributed by atoms with Crippen LogP contribution in [0.5, 0.6) is 0 Å². The van der Waals surface area contributed by atoms with Crippen LogP contribution in [-0.4, -0.2) is 23.2 Å². The molecule has 2 rings (SSSR count). The lowest BCUT2D eigenvalue weighted by Gasteiger charge is -2.10. The van der Waals surface area contributed by atoms with E-state index in [1.165, 1.54) is 12.1 Å². The Hall–Kier alpha value is -2.45. The number of hydrogen-bond donors (Lipinski definition) is 2. The number of nitrogens with zero attached hydrogens (tertiary/aromatic N) is 1. The van der Waals surface area contributed by atoms with Crippen molar-refractivity contribution in [2.24, 2.45) is 0 Å². The van der Waals surface area contributed by atoms with Crippen molar-refractivity contribution in [3.63, 3.8) is 0 Å². The van der Waals surface area contributed by atoms with E-state index in [2.05, 4.69) is 10.6 Å². The molecule has 0 aliphatic rings. The number of furan rings is 1. The molecule has 0 bridgehead atoms. The smallest absolute Gasteiger partial charge is 0.269 e. The van der Waals surface area contributed by atoms with Crippen LogP contribution in [0.15, 0.2) is 47.1 Å². The number of non-ortho nitro benzene ring substituents is 1. The highest BCUT2D eigenvalue weighted by atomic mass is 32.1. The van der Waals surface area contributed by atoms with E-state index in [0.717, 1.165) is 12.2 Å². The summed E-state index contributed by atoms with van der Waals surface area (Å²) in [6.45, 7) is 1.71. The lowest BCUT2D eigenvalue weighted by molar-refractivity contribution is -0.384. The molecule has 7 nitrogen and oxygen atoms in total. The molecular weight excluding hydrogens is 318 g/mol. The van der Waals surface area contributed by atoms with Gasteiger partial charge in [0, 0.05) is 31.0 Å². The zero-order valence-corrected chi connectivity index (χ0v) is 13.2. The average molecular weight is 335 g/mol. The number of hydrogen-bond acceptors (Lipinski definition) is 5. The lowest BCUT2D eigenvalue weighted by atomic mass is 10.3. The second-order valence-electron chi connectivity index (χ2n) is 4.67. The minimum Gasteiger partial charge on any atom is -0.467 e. The standard InChI is InChI=1S/C15H17N3O4S/c19-18(20)13-6-4-12(5-7-13)17-15(23)16-8-2-9-21-11-14-3-1-10-22-14/h1,3-7,10H,2,8-9,11H2,(H2,16,17,23). The third kappa shape index (κ3) is 6.05. The predicted molar refractivity (Wildman–Crippen MR) is 90.3 cm³/mol. The Bertz CT molecular complexity index is 629. The van der Waals surface area contributed by atoms with Crippen molar-refractivity contribution in [2.45, 2.75) is 13.0 Å². The van der Waals surface area contributed by atoms with Gasteiger partial charge in [-0.15, -0.1) is 0 Å². The fraction of sp³-hybridized carbons (Fsp3) is 0.267. The van der Waals surface area contributed by atoms with Gasteiger partial charge in [-0.25, -0.2) is 0 Å². The first kappa shape index (κ1) is 16.9. The van der Waals surface area contributed by atoms with E-state index in [9.17, 15) is 10.1 Å². The van der Waals surface area contributed by atoms with Crippen LogP contribution in [0.25, 0.3) is 0 Å². The fourth-order valence-electron chi connectivity index (χ4n) is 1.79. The molecule has 1 aromatic heterocycles. The second kappa shape index (κ2) is 8.86. The Morgan fingerprint density at radius 1 is 1.30 bits per heavy atom. The Kier molecular flexibility index (Phi) is 6.52. The summed E-state index contributed by atoms with van der Waals surface area (Å²) >= 11 is 5.15. The molecule has 2 N–H and O–H groups in total. The van der Waals surface area contributed by atoms with Gasteiger partial charge in [0.15, 0.2) is 5.11 Å². The Balaban J connectivity index is 1.58. The van der Waals surface area contributed by atoms with E-state index in [4.69, 9.17) is 21.4 Å². The second-order valence-corrected chi connectivity index (χ2v) is 5.08. The molecule has 122 valence electrons. The summed E-state index contributed by atoms with van der Waals surface area (Å²) in [5.74, 6) is 0.799. The maximum absolute atomic E-state index is 10.6. The van der Waals surface area contributed by atoms with Crippen LogP contribution in [-0.2, 0) is 11.3 Å².